The SMILES string of the molecule is CCCCCCCCCCCCCCCCc1ccc(Cl)c(NN)c1. The average Bonchev–Trinajstić information content (AvgIpc) is 2.63. The molecule has 0 aromatic heterocycles. The van der Waals surface area contributed by atoms with Gasteiger partial charge in [-0.25, -0.2) is 0 Å². The Morgan fingerprint density at radius 1 is 0.760 bits per heavy atom. The minimum atomic E-state index is 0.687. The molecule has 0 unspecified atom stereocenters. The number of benzene rings is 1. The number of rotatable bonds is 16. The highest BCUT2D eigenvalue weighted by atomic mass is 35.5. The molecule has 0 amide bonds. The van der Waals surface area contributed by atoms with Gasteiger partial charge in [-0.1, -0.05) is 108 Å². The first-order chi connectivity index (χ1) is 12.3. The van der Waals surface area contributed by atoms with E-state index in [-0.39, 0.29) is 0 Å². The van der Waals surface area contributed by atoms with Crippen LogP contribution in [0, 0.1) is 0 Å². The first-order valence-electron chi connectivity index (χ1n) is 10.5. The molecule has 3 N–H and O–H groups in total. The quantitative estimate of drug-likeness (QED) is 0.179. The van der Waals surface area contributed by atoms with Crippen molar-refractivity contribution in [3.05, 3.63) is 28.8 Å². The average molecular weight is 367 g/mol. The van der Waals surface area contributed by atoms with E-state index in [4.69, 9.17) is 17.4 Å². The van der Waals surface area contributed by atoms with E-state index in [0.717, 1.165) is 12.1 Å². The van der Waals surface area contributed by atoms with Gasteiger partial charge in [0.05, 0.1) is 10.7 Å². The summed E-state index contributed by atoms with van der Waals surface area (Å²) in [6, 6.07) is 6.09. The van der Waals surface area contributed by atoms with Crippen molar-refractivity contribution in [2.24, 2.45) is 5.84 Å². The molecule has 0 spiro atoms. The van der Waals surface area contributed by atoms with E-state index >= 15 is 0 Å². The molecule has 0 aliphatic carbocycles. The Bertz CT molecular complexity index is 434. The van der Waals surface area contributed by atoms with Gasteiger partial charge in [-0.05, 0) is 30.5 Å². The molecule has 0 aliphatic rings. The smallest absolute Gasteiger partial charge is 0.0674 e. The number of nitrogen functional groups attached to an aromatic ring is 1. The molecule has 2 nitrogen and oxygen atoms in total. The van der Waals surface area contributed by atoms with Gasteiger partial charge in [0, 0.05) is 0 Å². The number of nitrogens with two attached hydrogens (primary N) is 1. The third kappa shape index (κ3) is 11.5. The standard InChI is InChI=1S/C22H39ClN2/c1-2-3-4-5-6-7-8-9-10-11-12-13-14-15-16-20-17-18-21(23)22(19-20)25-24/h17-19,25H,2-16,24H2,1H3. The Kier molecular flexibility index (Phi) is 13.8. The Morgan fingerprint density at radius 3 is 1.72 bits per heavy atom. The summed E-state index contributed by atoms with van der Waals surface area (Å²) in [5.74, 6) is 5.47. The Morgan fingerprint density at radius 2 is 1.24 bits per heavy atom. The normalized spacial score (nSPS) is 11.0. The minimum absolute atomic E-state index is 0.687. The summed E-state index contributed by atoms with van der Waals surface area (Å²) < 4.78 is 0. The third-order valence-electron chi connectivity index (χ3n) is 5.01. The van der Waals surface area contributed by atoms with Gasteiger partial charge in [-0.2, -0.15) is 0 Å². The molecular formula is C22H39ClN2. The van der Waals surface area contributed by atoms with Crippen LogP contribution in [0.2, 0.25) is 5.02 Å². The van der Waals surface area contributed by atoms with Gasteiger partial charge in [-0.3, -0.25) is 5.84 Å². The zero-order chi connectivity index (χ0) is 18.2. The molecule has 25 heavy (non-hydrogen) atoms. The molecule has 0 heterocycles. The van der Waals surface area contributed by atoms with Crippen molar-refractivity contribution in [1.82, 2.24) is 0 Å². The summed E-state index contributed by atoms with van der Waals surface area (Å²) in [7, 11) is 0. The lowest BCUT2D eigenvalue weighted by Crippen LogP contribution is -2.07. The number of hydrogen-bond donors (Lipinski definition) is 2. The van der Waals surface area contributed by atoms with E-state index in [1.165, 1.54) is 95.5 Å². The molecule has 1 rings (SSSR count). The number of anilines is 1. The first-order valence-corrected chi connectivity index (χ1v) is 10.9. The molecular weight excluding hydrogens is 328 g/mol. The molecule has 0 bridgehead atoms. The highest BCUT2D eigenvalue weighted by Crippen LogP contribution is 2.23. The van der Waals surface area contributed by atoms with E-state index < -0.39 is 0 Å². The van der Waals surface area contributed by atoms with Crippen LogP contribution in [-0.4, -0.2) is 0 Å². The van der Waals surface area contributed by atoms with Crippen molar-refractivity contribution < 1.29 is 0 Å². The summed E-state index contributed by atoms with van der Waals surface area (Å²) in [4.78, 5) is 0. The molecule has 3 heteroatoms. The van der Waals surface area contributed by atoms with Gasteiger partial charge >= 0.3 is 0 Å². The predicted octanol–water partition coefficient (Wildman–Crippen LogP) is 7.65. The lowest BCUT2D eigenvalue weighted by Gasteiger charge is -2.07. The fourth-order valence-electron chi connectivity index (χ4n) is 3.36. The fourth-order valence-corrected chi connectivity index (χ4v) is 3.53. The molecule has 0 saturated heterocycles. The number of aryl methyl sites for hydroxylation is 1. The predicted molar refractivity (Wildman–Crippen MR) is 113 cm³/mol. The van der Waals surface area contributed by atoms with Crippen molar-refractivity contribution in [3.63, 3.8) is 0 Å². The molecule has 144 valence electrons. The zero-order valence-electron chi connectivity index (χ0n) is 16.3. The van der Waals surface area contributed by atoms with Crippen LogP contribution in [0.25, 0.3) is 0 Å². The fraction of sp³-hybridized carbons (Fsp3) is 0.727. The number of nitrogens with one attached hydrogen (secondary N) is 1. The molecule has 0 fully saturated rings. The molecule has 1 aromatic carbocycles. The van der Waals surface area contributed by atoms with E-state index in [1.54, 1.807) is 0 Å². The lowest BCUT2D eigenvalue weighted by atomic mass is 10.0. The van der Waals surface area contributed by atoms with Gasteiger partial charge < -0.3 is 5.43 Å². The maximum atomic E-state index is 6.05. The van der Waals surface area contributed by atoms with Crippen LogP contribution in [0.15, 0.2) is 18.2 Å². The van der Waals surface area contributed by atoms with E-state index in [1.807, 2.05) is 6.07 Å². The Balaban J connectivity index is 1.87. The van der Waals surface area contributed by atoms with Gasteiger partial charge in [0.15, 0.2) is 0 Å². The molecule has 1 aromatic rings. The molecule has 0 radical (unpaired) electrons. The third-order valence-corrected chi connectivity index (χ3v) is 5.33. The van der Waals surface area contributed by atoms with E-state index in [2.05, 4.69) is 24.5 Å². The van der Waals surface area contributed by atoms with Crippen molar-refractivity contribution in [3.8, 4) is 0 Å². The Labute approximate surface area is 160 Å². The van der Waals surface area contributed by atoms with Crippen LogP contribution in [0.5, 0.6) is 0 Å². The van der Waals surface area contributed by atoms with Gasteiger partial charge in [0.25, 0.3) is 0 Å². The van der Waals surface area contributed by atoms with E-state index in [0.29, 0.717) is 5.02 Å². The molecule has 0 atom stereocenters. The van der Waals surface area contributed by atoms with Crippen LogP contribution >= 0.6 is 11.6 Å². The second-order valence-corrected chi connectivity index (χ2v) is 7.71. The van der Waals surface area contributed by atoms with Gasteiger partial charge in [0.1, 0.15) is 0 Å². The maximum absolute atomic E-state index is 6.05. The number of hydrogen-bond acceptors (Lipinski definition) is 2. The van der Waals surface area contributed by atoms with Crippen molar-refractivity contribution >= 4 is 17.3 Å². The van der Waals surface area contributed by atoms with Crippen molar-refractivity contribution in [2.75, 3.05) is 5.43 Å². The molecule has 0 aliphatic heterocycles. The van der Waals surface area contributed by atoms with Crippen LogP contribution in [0.4, 0.5) is 5.69 Å². The van der Waals surface area contributed by atoms with Gasteiger partial charge in [0.2, 0.25) is 0 Å². The minimum Gasteiger partial charge on any atom is -0.323 e. The van der Waals surface area contributed by atoms with Crippen LogP contribution in [0.3, 0.4) is 0 Å². The lowest BCUT2D eigenvalue weighted by molar-refractivity contribution is 0.535. The van der Waals surface area contributed by atoms with Crippen molar-refractivity contribution in [1.29, 1.82) is 0 Å². The summed E-state index contributed by atoms with van der Waals surface area (Å²) in [6.45, 7) is 2.28. The van der Waals surface area contributed by atoms with Crippen LogP contribution < -0.4 is 11.3 Å². The summed E-state index contributed by atoms with van der Waals surface area (Å²) in [5.41, 5.74) is 4.80. The number of hydrazine groups is 1. The van der Waals surface area contributed by atoms with Gasteiger partial charge in [-0.15, -0.1) is 0 Å². The Hall–Kier alpha value is -0.730. The van der Waals surface area contributed by atoms with Crippen LogP contribution in [-0.2, 0) is 6.42 Å². The molecule has 0 saturated carbocycles. The number of halogens is 1. The summed E-state index contributed by atoms with van der Waals surface area (Å²) in [6.07, 6.45) is 20.7. The van der Waals surface area contributed by atoms with E-state index in [9.17, 15) is 0 Å². The van der Waals surface area contributed by atoms with Crippen molar-refractivity contribution in [2.45, 2.75) is 103 Å². The summed E-state index contributed by atoms with van der Waals surface area (Å²) in [5, 5.41) is 0.687. The topological polar surface area (TPSA) is 38.0 Å². The maximum Gasteiger partial charge on any atom is 0.0674 e. The first kappa shape index (κ1) is 22.3. The zero-order valence-corrected chi connectivity index (χ0v) is 17.0. The van der Waals surface area contributed by atoms with Crippen LogP contribution in [0.1, 0.15) is 102 Å². The highest BCUT2D eigenvalue weighted by molar-refractivity contribution is 6.33. The summed E-state index contributed by atoms with van der Waals surface area (Å²) >= 11 is 6.05. The second-order valence-electron chi connectivity index (χ2n) is 7.30. The second kappa shape index (κ2) is 15.5. The monoisotopic (exact) mass is 366 g/mol. The largest absolute Gasteiger partial charge is 0.323 e. The number of unbranched alkanes of at least 4 members (excludes halogenated alkanes) is 13. The highest BCUT2D eigenvalue weighted by Gasteiger charge is 2.01.